The van der Waals surface area contributed by atoms with Crippen molar-refractivity contribution in [3.63, 3.8) is 0 Å². The molecule has 1 aromatic rings. The second kappa shape index (κ2) is 8.73. The maximum absolute atomic E-state index is 12.6. The summed E-state index contributed by atoms with van der Waals surface area (Å²) >= 11 is 1.24. The number of amides is 1. The molecule has 0 N–H and O–H groups in total. The Labute approximate surface area is 162 Å². The van der Waals surface area contributed by atoms with E-state index < -0.39 is 10.9 Å². The minimum absolute atomic E-state index is 0.0847. The van der Waals surface area contributed by atoms with Crippen molar-refractivity contribution in [1.82, 2.24) is 4.90 Å². The molecule has 2 atom stereocenters. The summed E-state index contributed by atoms with van der Waals surface area (Å²) in [5, 5.41) is 11.1. The van der Waals surface area contributed by atoms with E-state index in [9.17, 15) is 19.7 Å². The smallest absolute Gasteiger partial charge is 0.338 e. The van der Waals surface area contributed by atoms with Gasteiger partial charge in [-0.25, -0.2) is 4.79 Å². The second-order valence-corrected chi connectivity index (χ2v) is 7.91. The summed E-state index contributed by atoms with van der Waals surface area (Å²) in [5.41, 5.74) is -0.0501. The minimum atomic E-state index is -0.712. The number of fused-ring (bicyclic) bond motifs is 1. The average molecular weight is 392 g/mol. The van der Waals surface area contributed by atoms with Gasteiger partial charge in [-0.05, 0) is 50.0 Å². The zero-order valence-corrected chi connectivity index (χ0v) is 16.2. The van der Waals surface area contributed by atoms with E-state index in [4.69, 9.17) is 4.74 Å². The number of rotatable bonds is 5. The summed E-state index contributed by atoms with van der Waals surface area (Å²) in [6.45, 7) is 0.394. The number of nitro benzene ring substituents is 1. The number of nitro groups is 1. The van der Waals surface area contributed by atoms with Crippen molar-refractivity contribution < 1.29 is 19.2 Å². The molecule has 0 unspecified atom stereocenters. The summed E-state index contributed by atoms with van der Waals surface area (Å²) < 4.78 is 5.17. The molecule has 1 saturated heterocycles. The molecule has 7 nitrogen and oxygen atoms in total. The first-order valence-electron chi connectivity index (χ1n) is 9.30. The van der Waals surface area contributed by atoms with Crippen molar-refractivity contribution >= 4 is 29.3 Å². The molecule has 0 bridgehead atoms. The molecule has 2 fully saturated rings. The van der Waals surface area contributed by atoms with Crippen LogP contribution < -0.4 is 0 Å². The number of piperidine rings is 1. The van der Waals surface area contributed by atoms with Gasteiger partial charge in [-0.15, -0.1) is 11.8 Å². The first kappa shape index (κ1) is 19.7. The highest BCUT2D eigenvalue weighted by atomic mass is 32.2. The molecule has 27 heavy (non-hydrogen) atoms. The molecular formula is C19H24N2O5S. The molecule has 1 aliphatic carbocycles. The van der Waals surface area contributed by atoms with Crippen molar-refractivity contribution in [3.8, 4) is 0 Å². The first-order chi connectivity index (χ1) is 13.0. The predicted molar refractivity (Wildman–Crippen MR) is 102 cm³/mol. The standard InChI is InChI=1S/C19H24N2O5S/c1-27-17-9-8-14(11-16(17)21(24)25)19(23)26-12-18(22)20-10-4-6-13-5-2-3-7-15(13)20/h8-9,11,13,15H,2-7,10,12H2,1H3/t13-,15-/m0/s1. The Morgan fingerprint density at radius 2 is 2.00 bits per heavy atom. The van der Waals surface area contributed by atoms with Crippen LogP contribution in [0.15, 0.2) is 23.1 Å². The molecule has 1 aromatic carbocycles. The van der Waals surface area contributed by atoms with E-state index in [1.165, 1.54) is 49.2 Å². The molecule has 3 rings (SSSR count). The topological polar surface area (TPSA) is 89.8 Å². The minimum Gasteiger partial charge on any atom is -0.452 e. The number of carbonyl (C=O) groups is 2. The van der Waals surface area contributed by atoms with Gasteiger partial charge in [-0.2, -0.15) is 0 Å². The quantitative estimate of drug-likeness (QED) is 0.329. The van der Waals surface area contributed by atoms with Crippen molar-refractivity contribution in [2.24, 2.45) is 5.92 Å². The van der Waals surface area contributed by atoms with Gasteiger partial charge in [0.25, 0.3) is 11.6 Å². The number of esters is 1. The van der Waals surface area contributed by atoms with E-state index in [-0.39, 0.29) is 29.8 Å². The number of benzene rings is 1. The number of carbonyl (C=O) groups excluding carboxylic acids is 2. The Morgan fingerprint density at radius 1 is 1.26 bits per heavy atom. The molecule has 146 valence electrons. The van der Waals surface area contributed by atoms with E-state index in [0.29, 0.717) is 17.4 Å². The van der Waals surface area contributed by atoms with Crippen molar-refractivity contribution in [3.05, 3.63) is 33.9 Å². The number of nitrogens with zero attached hydrogens (tertiary/aromatic N) is 2. The predicted octanol–water partition coefficient (Wildman–Crippen LogP) is 3.65. The van der Waals surface area contributed by atoms with Gasteiger partial charge in [0, 0.05) is 18.7 Å². The van der Waals surface area contributed by atoms with E-state index in [0.717, 1.165) is 19.3 Å². The molecule has 1 amide bonds. The van der Waals surface area contributed by atoms with Gasteiger partial charge in [0.1, 0.15) is 0 Å². The lowest BCUT2D eigenvalue weighted by molar-refractivity contribution is -0.387. The molecule has 1 aliphatic heterocycles. The highest BCUT2D eigenvalue weighted by molar-refractivity contribution is 7.98. The molecular weight excluding hydrogens is 368 g/mol. The van der Waals surface area contributed by atoms with Crippen LogP contribution in [0.5, 0.6) is 0 Å². The van der Waals surface area contributed by atoms with Crippen LogP contribution in [0.2, 0.25) is 0 Å². The van der Waals surface area contributed by atoms with Crippen molar-refractivity contribution in [2.75, 3.05) is 19.4 Å². The average Bonchev–Trinajstić information content (AvgIpc) is 2.70. The summed E-state index contributed by atoms with van der Waals surface area (Å²) in [7, 11) is 0. The van der Waals surface area contributed by atoms with Crippen LogP contribution in [-0.4, -0.2) is 47.1 Å². The third kappa shape index (κ3) is 4.43. The SMILES string of the molecule is CSc1ccc(C(=O)OCC(=O)N2CCC[C@@H]3CCCC[C@@H]32)cc1[N+](=O)[O-]. The van der Waals surface area contributed by atoms with Gasteiger partial charge in [0.2, 0.25) is 0 Å². The fourth-order valence-electron chi connectivity index (χ4n) is 4.19. The van der Waals surface area contributed by atoms with Gasteiger partial charge in [-0.3, -0.25) is 14.9 Å². The van der Waals surface area contributed by atoms with Crippen LogP contribution in [0.4, 0.5) is 5.69 Å². The largest absolute Gasteiger partial charge is 0.452 e. The van der Waals surface area contributed by atoms with Gasteiger partial charge >= 0.3 is 5.97 Å². The molecule has 0 spiro atoms. The number of thioether (sulfide) groups is 1. The van der Waals surface area contributed by atoms with E-state index in [1.54, 1.807) is 6.26 Å². The van der Waals surface area contributed by atoms with Crippen LogP contribution >= 0.6 is 11.8 Å². The number of likely N-dealkylation sites (tertiary alicyclic amines) is 1. The van der Waals surface area contributed by atoms with Gasteiger partial charge in [0.05, 0.1) is 15.4 Å². The molecule has 8 heteroatoms. The van der Waals surface area contributed by atoms with Crippen LogP contribution in [0.3, 0.4) is 0 Å². The Bertz CT molecular complexity index is 737. The number of ether oxygens (including phenoxy) is 1. The monoisotopic (exact) mass is 392 g/mol. The highest BCUT2D eigenvalue weighted by Gasteiger charge is 2.35. The normalized spacial score (nSPS) is 22.0. The van der Waals surface area contributed by atoms with Gasteiger partial charge in [0.15, 0.2) is 6.61 Å². The van der Waals surface area contributed by atoms with Crippen LogP contribution in [-0.2, 0) is 9.53 Å². The Kier molecular flexibility index (Phi) is 6.36. The van der Waals surface area contributed by atoms with Crippen molar-refractivity contribution in [2.45, 2.75) is 49.5 Å². The zero-order chi connectivity index (χ0) is 19.4. The second-order valence-electron chi connectivity index (χ2n) is 7.06. The molecule has 1 heterocycles. The summed E-state index contributed by atoms with van der Waals surface area (Å²) in [5.74, 6) is -0.319. The fourth-order valence-corrected chi connectivity index (χ4v) is 4.73. The lowest BCUT2D eigenvalue weighted by atomic mass is 9.78. The summed E-state index contributed by atoms with van der Waals surface area (Å²) in [6.07, 6.45) is 8.44. The summed E-state index contributed by atoms with van der Waals surface area (Å²) in [6, 6.07) is 4.49. The molecule has 1 saturated carbocycles. The van der Waals surface area contributed by atoms with Crippen LogP contribution in [0.1, 0.15) is 48.9 Å². The zero-order valence-electron chi connectivity index (χ0n) is 15.4. The maximum atomic E-state index is 12.6. The summed E-state index contributed by atoms with van der Waals surface area (Å²) in [4.78, 5) is 37.8. The van der Waals surface area contributed by atoms with E-state index in [1.807, 2.05) is 4.90 Å². The fraction of sp³-hybridized carbons (Fsp3) is 0.579. The van der Waals surface area contributed by atoms with Gasteiger partial charge in [-0.1, -0.05) is 12.8 Å². The van der Waals surface area contributed by atoms with E-state index in [2.05, 4.69) is 0 Å². The number of hydrogen-bond acceptors (Lipinski definition) is 6. The Balaban J connectivity index is 1.62. The maximum Gasteiger partial charge on any atom is 0.338 e. The van der Waals surface area contributed by atoms with Crippen molar-refractivity contribution in [1.29, 1.82) is 0 Å². The van der Waals surface area contributed by atoms with Crippen LogP contribution in [0, 0.1) is 16.0 Å². The number of hydrogen-bond donors (Lipinski definition) is 0. The third-order valence-corrected chi connectivity index (χ3v) is 6.29. The molecule has 2 aliphatic rings. The lowest BCUT2D eigenvalue weighted by Crippen LogP contribution is -2.50. The highest BCUT2D eigenvalue weighted by Crippen LogP contribution is 2.35. The molecule has 0 radical (unpaired) electrons. The van der Waals surface area contributed by atoms with E-state index >= 15 is 0 Å². The lowest BCUT2D eigenvalue weighted by Gasteiger charge is -2.44. The first-order valence-corrected chi connectivity index (χ1v) is 10.5. The van der Waals surface area contributed by atoms with Crippen LogP contribution in [0.25, 0.3) is 0 Å². The molecule has 0 aromatic heterocycles. The Morgan fingerprint density at radius 3 is 2.74 bits per heavy atom. The third-order valence-electron chi connectivity index (χ3n) is 5.50. The Hall–Kier alpha value is -2.09. The van der Waals surface area contributed by atoms with Gasteiger partial charge < -0.3 is 9.64 Å².